The normalized spacial score (nSPS) is 15.3. The number of ketones is 1. The second kappa shape index (κ2) is 5.35. The Balaban J connectivity index is 0.00000128. The van der Waals surface area contributed by atoms with Crippen molar-refractivity contribution in [3.63, 3.8) is 0 Å². The van der Waals surface area contributed by atoms with Gasteiger partial charge in [0.05, 0.1) is 0 Å². The van der Waals surface area contributed by atoms with Crippen molar-refractivity contribution in [2.24, 2.45) is 0 Å². The molecule has 6 heteroatoms. The zero-order chi connectivity index (χ0) is 11.1. The molecule has 1 nitrogen and oxygen atoms in total. The Kier molecular flexibility index (Phi) is 4.83. The summed E-state index contributed by atoms with van der Waals surface area (Å²) >= 11 is 0. The zero-order valence-electron chi connectivity index (χ0n) is 8.97. The summed E-state index contributed by atoms with van der Waals surface area (Å²) in [6.45, 7) is -5.00. The van der Waals surface area contributed by atoms with Gasteiger partial charge in [-0.3, -0.25) is 4.79 Å². The Morgan fingerprint density at radius 2 is 1.81 bits per heavy atom. The van der Waals surface area contributed by atoms with Crippen LogP contribution in [0.15, 0.2) is 18.2 Å². The van der Waals surface area contributed by atoms with Crippen LogP contribution in [0.5, 0.6) is 0 Å². The minimum Gasteiger partial charge on any atom is -0.445 e. The fraction of sp³-hybridized carbons (Fsp3) is 0.300. The predicted octanol–water partition coefficient (Wildman–Crippen LogP) is -0.736. The molecule has 0 unspecified atom stereocenters. The summed E-state index contributed by atoms with van der Waals surface area (Å²) < 4.78 is 37.3. The molecule has 0 heterocycles. The second-order valence-electron chi connectivity index (χ2n) is 3.77. The van der Waals surface area contributed by atoms with Crippen LogP contribution in [-0.2, 0) is 6.42 Å². The second-order valence-corrected chi connectivity index (χ2v) is 3.77. The van der Waals surface area contributed by atoms with Crippen molar-refractivity contribution in [1.82, 2.24) is 0 Å². The fourth-order valence-electron chi connectivity index (χ4n) is 1.85. The number of hydrogen-bond donors (Lipinski definition) is 0. The molecular weight excluding hydrogens is 243 g/mol. The van der Waals surface area contributed by atoms with Gasteiger partial charge in [0.15, 0.2) is 5.78 Å². The van der Waals surface area contributed by atoms with E-state index >= 15 is 0 Å². The molecule has 0 spiro atoms. The first-order chi connectivity index (χ1) is 6.98. The quantitative estimate of drug-likeness (QED) is 0.602. The first kappa shape index (κ1) is 14.4. The molecule has 2 rings (SSSR count). The Hall–Kier alpha value is 0.381. The number of benzene rings is 1. The fourth-order valence-corrected chi connectivity index (χ4v) is 1.85. The van der Waals surface area contributed by atoms with Gasteiger partial charge in [0.25, 0.3) is 0 Å². The minimum atomic E-state index is -5.00. The number of hydrogen-bond acceptors (Lipinski definition) is 1. The number of aryl methyl sites for hydroxylation is 1. The Morgan fingerprint density at radius 1 is 1.12 bits per heavy atom. The van der Waals surface area contributed by atoms with Gasteiger partial charge in [0, 0.05) is 12.0 Å². The smallest absolute Gasteiger partial charge is 0.445 e. The van der Waals surface area contributed by atoms with Crippen LogP contribution < -0.4 is 56.8 Å². The van der Waals surface area contributed by atoms with Gasteiger partial charge >= 0.3 is 58.4 Å². The third-order valence-corrected chi connectivity index (χ3v) is 2.66. The molecule has 0 radical (unpaired) electrons. The van der Waals surface area contributed by atoms with Gasteiger partial charge in [-0.1, -0.05) is 18.2 Å². The van der Waals surface area contributed by atoms with Crippen LogP contribution in [0.25, 0.3) is 0 Å². The molecule has 0 saturated carbocycles. The summed E-state index contributed by atoms with van der Waals surface area (Å²) in [5, 5.41) is 0. The van der Waals surface area contributed by atoms with E-state index in [0.29, 0.717) is 12.8 Å². The molecule has 0 saturated heterocycles. The van der Waals surface area contributed by atoms with Gasteiger partial charge in [0.1, 0.15) is 0 Å². The standard InChI is InChI=1S/C10H9BF3O.K/c12-11(13,14)8-5-4-7-2-1-3-10(15)9(7)6-8;/h4-6H,1-3H2;/q-1;+1. The number of carbonyl (C=O) groups excluding carboxylic acids is 1. The number of halogens is 3. The summed E-state index contributed by atoms with van der Waals surface area (Å²) in [4.78, 5) is 11.4. The number of fused-ring (bicyclic) bond motifs is 1. The maximum Gasteiger partial charge on any atom is 1.00 e. The van der Waals surface area contributed by atoms with E-state index in [1.54, 1.807) is 0 Å². The maximum atomic E-state index is 12.4. The van der Waals surface area contributed by atoms with Gasteiger partial charge in [0.2, 0.25) is 0 Å². The molecule has 1 aromatic carbocycles. The molecule has 0 fully saturated rings. The molecule has 0 amide bonds. The van der Waals surface area contributed by atoms with Gasteiger partial charge in [-0.25, -0.2) is 0 Å². The van der Waals surface area contributed by atoms with E-state index in [4.69, 9.17) is 0 Å². The first-order valence-electron chi connectivity index (χ1n) is 4.84. The Labute approximate surface area is 134 Å². The molecule has 1 aliphatic carbocycles. The molecule has 1 aromatic rings. The number of rotatable bonds is 1. The number of carbonyl (C=O) groups is 1. The average molecular weight is 252 g/mol. The van der Waals surface area contributed by atoms with Gasteiger partial charge in [-0.2, -0.15) is 0 Å². The molecule has 1 aliphatic rings. The summed E-state index contributed by atoms with van der Waals surface area (Å²) in [5.74, 6) is -0.168. The van der Waals surface area contributed by atoms with E-state index in [0.717, 1.165) is 24.1 Å². The van der Waals surface area contributed by atoms with Crippen LogP contribution >= 0.6 is 0 Å². The predicted molar refractivity (Wildman–Crippen MR) is 52.4 cm³/mol. The summed E-state index contributed by atoms with van der Waals surface area (Å²) in [7, 11) is 0. The Bertz CT molecular complexity index is 417. The molecule has 0 bridgehead atoms. The van der Waals surface area contributed by atoms with Crippen molar-refractivity contribution in [3.05, 3.63) is 29.3 Å². The summed E-state index contributed by atoms with van der Waals surface area (Å²) in [6, 6.07) is 3.49. The molecule has 80 valence electrons. The van der Waals surface area contributed by atoms with E-state index in [-0.39, 0.29) is 62.7 Å². The largest absolute Gasteiger partial charge is 1.00 e. The molecule has 0 aliphatic heterocycles. The van der Waals surface area contributed by atoms with E-state index in [9.17, 15) is 17.7 Å². The number of Topliss-reactive ketones (excluding diaryl/α,β-unsaturated/α-hetero) is 1. The van der Waals surface area contributed by atoms with E-state index in [2.05, 4.69) is 0 Å². The average Bonchev–Trinajstić information content (AvgIpc) is 2.16. The van der Waals surface area contributed by atoms with Crippen LogP contribution in [0.2, 0.25) is 0 Å². The maximum absolute atomic E-state index is 12.4. The first-order valence-corrected chi connectivity index (χ1v) is 4.84. The summed E-state index contributed by atoms with van der Waals surface area (Å²) in [5.41, 5.74) is 0.331. The molecule has 16 heavy (non-hydrogen) atoms. The molecule has 0 atom stereocenters. The van der Waals surface area contributed by atoms with Gasteiger partial charge in [-0.05, 0) is 18.4 Å². The van der Waals surface area contributed by atoms with E-state index < -0.39 is 12.4 Å². The van der Waals surface area contributed by atoms with Gasteiger partial charge in [-0.15, -0.1) is 5.46 Å². The van der Waals surface area contributed by atoms with Crippen molar-refractivity contribution >= 4 is 18.2 Å². The minimum absolute atomic E-state index is 0. The zero-order valence-corrected chi connectivity index (χ0v) is 12.1. The molecule has 0 N–H and O–H groups in total. The van der Waals surface area contributed by atoms with Crippen molar-refractivity contribution in [2.75, 3.05) is 0 Å². The molecular formula is C10H9BF3KO. The van der Waals surface area contributed by atoms with Crippen LogP contribution in [-0.4, -0.2) is 12.8 Å². The summed E-state index contributed by atoms with van der Waals surface area (Å²) in [6.07, 6.45) is 1.80. The van der Waals surface area contributed by atoms with Crippen LogP contribution in [0.4, 0.5) is 12.9 Å². The van der Waals surface area contributed by atoms with Crippen molar-refractivity contribution < 1.29 is 69.1 Å². The monoisotopic (exact) mass is 252 g/mol. The van der Waals surface area contributed by atoms with Crippen LogP contribution in [0.3, 0.4) is 0 Å². The van der Waals surface area contributed by atoms with Crippen molar-refractivity contribution in [1.29, 1.82) is 0 Å². The van der Waals surface area contributed by atoms with Crippen molar-refractivity contribution in [2.45, 2.75) is 19.3 Å². The topological polar surface area (TPSA) is 17.1 Å². The van der Waals surface area contributed by atoms with Crippen LogP contribution in [0.1, 0.15) is 28.8 Å². The van der Waals surface area contributed by atoms with E-state index in [1.165, 1.54) is 6.07 Å². The SMILES string of the molecule is O=C1CCCc2ccc([B-](F)(F)F)cc21.[K+]. The third kappa shape index (κ3) is 2.98. The molecule has 0 aromatic heterocycles. The van der Waals surface area contributed by atoms with Gasteiger partial charge < -0.3 is 12.9 Å². The van der Waals surface area contributed by atoms with Crippen molar-refractivity contribution in [3.8, 4) is 0 Å². The van der Waals surface area contributed by atoms with Crippen LogP contribution in [0, 0.1) is 0 Å². The third-order valence-electron chi connectivity index (χ3n) is 2.66. The van der Waals surface area contributed by atoms with E-state index in [1.807, 2.05) is 0 Å². The Morgan fingerprint density at radius 3 is 2.44 bits per heavy atom.